The summed E-state index contributed by atoms with van der Waals surface area (Å²) < 4.78 is 0. The molecule has 0 spiro atoms. The molecule has 0 aromatic heterocycles. The van der Waals surface area contributed by atoms with Gasteiger partial charge in [-0.1, -0.05) is 43.2 Å². The summed E-state index contributed by atoms with van der Waals surface area (Å²) in [5, 5.41) is 12.4. The van der Waals surface area contributed by atoms with E-state index in [9.17, 15) is 9.90 Å². The summed E-state index contributed by atoms with van der Waals surface area (Å²) in [4.78, 5) is 12.4. The number of rotatable bonds is 5. The molecule has 0 saturated heterocycles. The van der Waals surface area contributed by atoms with E-state index in [2.05, 4.69) is 5.32 Å². The highest BCUT2D eigenvalue weighted by Gasteiger charge is 2.40. The summed E-state index contributed by atoms with van der Waals surface area (Å²) in [6, 6.07) is 9.18. The lowest BCUT2D eigenvalue weighted by molar-refractivity contribution is -0.131. The minimum Gasteiger partial charge on any atom is -0.394 e. The third-order valence-corrected chi connectivity index (χ3v) is 4.12. The van der Waals surface area contributed by atoms with Gasteiger partial charge in [0.2, 0.25) is 5.91 Å². The molecule has 1 aromatic carbocycles. The molecule has 1 aliphatic carbocycles. The lowest BCUT2D eigenvalue weighted by atomic mass is 9.85. The average Bonchev–Trinajstić information content (AvgIpc) is 2.95. The fourth-order valence-electron chi connectivity index (χ4n) is 2.81. The zero-order chi connectivity index (χ0) is 13.7. The SMILES string of the molecule is NCC1(C(=O)N[C@H](CO)c2ccccc2)CCCC1. The summed E-state index contributed by atoms with van der Waals surface area (Å²) >= 11 is 0. The van der Waals surface area contributed by atoms with Crippen LogP contribution in [0.25, 0.3) is 0 Å². The molecular weight excluding hydrogens is 240 g/mol. The Kier molecular flexibility index (Phi) is 4.56. The second-order valence-corrected chi connectivity index (χ2v) is 5.31. The highest BCUT2D eigenvalue weighted by Crippen LogP contribution is 2.37. The molecule has 0 heterocycles. The van der Waals surface area contributed by atoms with Crippen LogP contribution >= 0.6 is 0 Å². The predicted octanol–water partition coefficient (Wildman–Crippen LogP) is 1.36. The molecule has 2 rings (SSSR count). The van der Waals surface area contributed by atoms with Gasteiger partial charge in [0.05, 0.1) is 18.1 Å². The predicted molar refractivity (Wildman–Crippen MR) is 74.4 cm³/mol. The van der Waals surface area contributed by atoms with Crippen LogP contribution < -0.4 is 11.1 Å². The van der Waals surface area contributed by atoms with E-state index in [0.29, 0.717) is 6.54 Å². The molecule has 0 unspecified atom stereocenters. The van der Waals surface area contributed by atoms with Gasteiger partial charge in [-0.15, -0.1) is 0 Å². The number of carbonyl (C=O) groups excluding carboxylic acids is 1. The van der Waals surface area contributed by atoms with Gasteiger partial charge in [0.25, 0.3) is 0 Å². The van der Waals surface area contributed by atoms with E-state index < -0.39 is 5.41 Å². The Hall–Kier alpha value is -1.39. The van der Waals surface area contributed by atoms with E-state index in [1.165, 1.54) is 0 Å². The number of aliphatic hydroxyl groups is 1. The molecule has 1 aliphatic rings. The average molecular weight is 262 g/mol. The van der Waals surface area contributed by atoms with E-state index in [1.807, 2.05) is 30.3 Å². The van der Waals surface area contributed by atoms with Gasteiger partial charge in [-0.05, 0) is 18.4 Å². The van der Waals surface area contributed by atoms with Crippen molar-refractivity contribution in [3.05, 3.63) is 35.9 Å². The summed E-state index contributed by atoms with van der Waals surface area (Å²) in [6.45, 7) is 0.280. The Morgan fingerprint density at radius 2 is 1.95 bits per heavy atom. The molecule has 0 bridgehead atoms. The molecule has 1 fully saturated rings. The van der Waals surface area contributed by atoms with E-state index in [4.69, 9.17) is 5.73 Å². The van der Waals surface area contributed by atoms with E-state index in [1.54, 1.807) is 0 Å². The Morgan fingerprint density at radius 3 is 2.47 bits per heavy atom. The molecule has 19 heavy (non-hydrogen) atoms. The molecule has 0 aliphatic heterocycles. The molecule has 1 amide bonds. The number of amides is 1. The first-order valence-corrected chi connectivity index (χ1v) is 6.89. The summed E-state index contributed by atoms with van der Waals surface area (Å²) in [7, 11) is 0. The maximum absolute atomic E-state index is 12.4. The summed E-state index contributed by atoms with van der Waals surface area (Å²) in [6.07, 6.45) is 3.81. The maximum Gasteiger partial charge on any atom is 0.228 e. The minimum atomic E-state index is -0.428. The maximum atomic E-state index is 12.4. The van der Waals surface area contributed by atoms with Gasteiger partial charge in [0.1, 0.15) is 0 Å². The van der Waals surface area contributed by atoms with Crippen LogP contribution in [0.1, 0.15) is 37.3 Å². The highest BCUT2D eigenvalue weighted by atomic mass is 16.3. The third kappa shape index (κ3) is 2.96. The first kappa shape index (κ1) is 14.0. The van der Waals surface area contributed by atoms with E-state index in [-0.39, 0.29) is 18.6 Å². The summed E-state index contributed by atoms with van der Waals surface area (Å²) in [5.74, 6) is -0.0181. The van der Waals surface area contributed by atoms with Gasteiger partial charge >= 0.3 is 0 Å². The Labute approximate surface area is 114 Å². The molecule has 1 saturated carbocycles. The van der Waals surface area contributed by atoms with Crippen molar-refractivity contribution in [2.75, 3.05) is 13.2 Å². The molecular formula is C15H22N2O2. The van der Waals surface area contributed by atoms with Crippen molar-refractivity contribution in [3.8, 4) is 0 Å². The van der Waals surface area contributed by atoms with Crippen LogP contribution in [0.5, 0.6) is 0 Å². The van der Waals surface area contributed by atoms with Gasteiger partial charge in [-0.2, -0.15) is 0 Å². The van der Waals surface area contributed by atoms with Crippen molar-refractivity contribution < 1.29 is 9.90 Å². The quantitative estimate of drug-likeness (QED) is 0.750. The Balaban J connectivity index is 2.08. The number of hydrogen-bond donors (Lipinski definition) is 3. The highest BCUT2D eigenvalue weighted by molar-refractivity contribution is 5.83. The Bertz CT molecular complexity index is 413. The smallest absolute Gasteiger partial charge is 0.228 e. The Morgan fingerprint density at radius 1 is 1.32 bits per heavy atom. The van der Waals surface area contributed by atoms with Crippen LogP contribution in [0, 0.1) is 5.41 Å². The lowest BCUT2D eigenvalue weighted by Crippen LogP contribution is -2.46. The molecule has 4 N–H and O–H groups in total. The number of benzene rings is 1. The molecule has 0 radical (unpaired) electrons. The van der Waals surface area contributed by atoms with Gasteiger partial charge in [0, 0.05) is 6.54 Å². The molecule has 104 valence electrons. The zero-order valence-corrected chi connectivity index (χ0v) is 11.1. The fourth-order valence-corrected chi connectivity index (χ4v) is 2.81. The molecule has 4 heteroatoms. The lowest BCUT2D eigenvalue weighted by Gasteiger charge is -2.28. The minimum absolute atomic E-state index is 0.0181. The molecule has 1 aromatic rings. The van der Waals surface area contributed by atoms with Gasteiger partial charge in [-0.25, -0.2) is 0 Å². The van der Waals surface area contributed by atoms with Crippen LogP contribution in [0.4, 0.5) is 0 Å². The van der Waals surface area contributed by atoms with E-state index in [0.717, 1.165) is 31.2 Å². The van der Waals surface area contributed by atoms with Crippen molar-refractivity contribution in [2.24, 2.45) is 11.1 Å². The largest absolute Gasteiger partial charge is 0.394 e. The van der Waals surface area contributed by atoms with Gasteiger partial charge < -0.3 is 16.2 Å². The fraction of sp³-hybridized carbons (Fsp3) is 0.533. The standard InChI is InChI=1S/C15H22N2O2/c16-11-15(8-4-5-9-15)14(19)17-13(10-18)12-6-2-1-3-7-12/h1-3,6-7,13,18H,4-5,8-11,16H2,(H,17,19)/t13-/m1/s1. The second-order valence-electron chi connectivity index (χ2n) is 5.31. The van der Waals surface area contributed by atoms with Crippen LogP contribution in [-0.4, -0.2) is 24.2 Å². The van der Waals surface area contributed by atoms with Gasteiger partial charge in [-0.3, -0.25) is 4.79 Å². The monoisotopic (exact) mass is 262 g/mol. The van der Waals surface area contributed by atoms with Crippen LogP contribution in [0.2, 0.25) is 0 Å². The zero-order valence-electron chi connectivity index (χ0n) is 11.1. The molecule has 4 nitrogen and oxygen atoms in total. The number of aliphatic hydroxyl groups excluding tert-OH is 1. The van der Waals surface area contributed by atoms with Crippen molar-refractivity contribution in [3.63, 3.8) is 0 Å². The van der Waals surface area contributed by atoms with Crippen molar-refractivity contribution in [2.45, 2.75) is 31.7 Å². The van der Waals surface area contributed by atoms with Crippen molar-refractivity contribution in [1.82, 2.24) is 5.32 Å². The van der Waals surface area contributed by atoms with Crippen molar-refractivity contribution >= 4 is 5.91 Å². The molecule has 1 atom stereocenters. The summed E-state index contributed by atoms with van der Waals surface area (Å²) in [5.41, 5.74) is 6.29. The van der Waals surface area contributed by atoms with Crippen LogP contribution in [-0.2, 0) is 4.79 Å². The van der Waals surface area contributed by atoms with Gasteiger partial charge in [0.15, 0.2) is 0 Å². The first-order valence-electron chi connectivity index (χ1n) is 6.89. The van der Waals surface area contributed by atoms with Crippen LogP contribution in [0.3, 0.4) is 0 Å². The topological polar surface area (TPSA) is 75.4 Å². The number of hydrogen-bond acceptors (Lipinski definition) is 3. The number of nitrogens with two attached hydrogens (primary N) is 1. The first-order chi connectivity index (χ1) is 9.22. The third-order valence-electron chi connectivity index (χ3n) is 4.12. The van der Waals surface area contributed by atoms with Crippen LogP contribution in [0.15, 0.2) is 30.3 Å². The van der Waals surface area contributed by atoms with E-state index >= 15 is 0 Å². The second kappa shape index (κ2) is 6.17. The number of nitrogens with one attached hydrogen (secondary N) is 1. The number of carbonyl (C=O) groups is 1. The normalized spacial score (nSPS) is 19.1. The van der Waals surface area contributed by atoms with Crippen molar-refractivity contribution in [1.29, 1.82) is 0 Å².